The molecule has 1 fully saturated rings. The molecule has 2 aromatic carbocycles. The Morgan fingerprint density at radius 2 is 1.69 bits per heavy atom. The number of halogens is 3. The first kappa shape index (κ1) is 25.1. The number of carbonyl (C=O) groups excluding carboxylic acids is 1. The molecule has 0 aliphatic carbocycles. The Bertz CT molecular complexity index is 1070. The smallest absolute Gasteiger partial charge is 0.416 e. The Morgan fingerprint density at radius 1 is 1.03 bits per heavy atom. The van der Waals surface area contributed by atoms with Crippen molar-refractivity contribution in [2.45, 2.75) is 32.1 Å². The van der Waals surface area contributed by atoms with Crippen LogP contribution in [0.15, 0.2) is 30.3 Å². The summed E-state index contributed by atoms with van der Waals surface area (Å²) >= 11 is 0. The zero-order valence-corrected chi connectivity index (χ0v) is 20.1. The van der Waals surface area contributed by atoms with Crippen LogP contribution in [0.4, 0.5) is 24.5 Å². The van der Waals surface area contributed by atoms with Crippen molar-refractivity contribution in [3.8, 4) is 11.5 Å². The third-order valence-electron chi connectivity index (χ3n) is 6.61. The third-order valence-corrected chi connectivity index (χ3v) is 6.61. The number of anilines is 2. The van der Waals surface area contributed by atoms with Gasteiger partial charge >= 0.3 is 6.18 Å². The minimum absolute atomic E-state index is 0.155. The number of carbonyl (C=O) groups is 1. The lowest BCUT2D eigenvalue weighted by Gasteiger charge is -2.34. The van der Waals surface area contributed by atoms with E-state index in [4.69, 9.17) is 14.2 Å². The Kier molecular flexibility index (Phi) is 7.42. The lowest BCUT2D eigenvalue weighted by Crippen LogP contribution is -2.45. The topological polar surface area (TPSA) is 63.3 Å². The standard InChI is InChI=1S/C25H30F3N3O4/c1-16(31-7-6-17-12-22(33-2)23(34-3)13-18(17)15-31)24(32)29-20-14-19(25(26,27)28)4-5-21(20)30-8-10-35-11-9-30/h4-5,12-14,16H,6-11,15H2,1-3H3,(H,29,32)/t16-/m1/s1. The molecule has 1 N–H and O–H groups in total. The molecule has 2 aliphatic heterocycles. The summed E-state index contributed by atoms with van der Waals surface area (Å²) in [6.45, 7) is 4.96. The van der Waals surface area contributed by atoms with Crippen molar-refractivity contribution in [2.24, 2.45) is 0 Å². The first-order valence-electron chi connectivity index (χ1n) is 11.5. The monoisotopic (exact) mass is 493 g/mol. The van der Waals surface area contributed by atoms with Gasteiger partial charge in [-0.15, -0.1) is 0 Å². The van der Waals surface area contributed by atoms with Gasteiger partial charge in [0, 0.05) is 26.2 Å². The zero-order chi connectivity index (χ0) is 25.2. The van der Waals surface area contributed by atoms with Crippen molar-refractivity contribution in [3.63, 3.8) is 0 Å². The molecule has 0 bridgehead atoms. The third kappa shape index (κ3) is 5.48. The highest BCUT2D eigenvalue weighted by Gasteiger charge is 2.33. The van der Waals surface area contributed by atoms with E-state index in [9.17, 15) is 18.0 Å². The van der Waals surface area contributed by atoms with Crippen molar-refractivity contribution in [1.29, 1.82) is 0 Å². The number of benzene rings is 2. The van der Waals surface area contributed by atoms with Gasteiger partial charge in [-0.2, -0.15) is 13.2 Å². The fraction of sp³-hybridized carbons (Fsp3) is 0.480. The van der Waals surface area contributed by atoms with Crippen LogP contribution in [0.2, 0.25) is 0 Å². The Balaban J connectivity index is 1.54. The number of methoxy groups -OCH3 is 2. The number of fused-ring (bicyclic) bond motifs is 1. The molecule has 2 aliphatic rings. The summed E-state index contributed by atoms with van der Waals surface area (Å²) < 4.78 is 56.4. The predicted molar refractivity (Wildman–Crippen MR) is 126 cm³/mol. The van der Waals surface area contributed by atoms with E-state index in [0.717, 1.165) is 29.7 Å². The molecule has 2 heterocycles. The molecular formula is C25H30F3N3O4. The molecule has 7 nitrogen and oxygen atoms in total. The van der Waals surface area contributed by atoms with Crippen molar-refractivity contribution in [3.05, 3.63) is 47.0 Å². The van der Waals surface area contributed by atoms with Crippen LogP contribution < -0.4 is 19.7 Å². The number of rotatable bonds is 6. The molecule has 4 rings (SSSR count). The van der Waals surface area contributed by atoms with Crippen LogP contribution in [0.25, 0.3) is 0 Å². The molecule has 190 valence electrons. The van der Waals surface area contributed by atoms with Crippen molar-refractivity contribution < 1.29 is 32.2 Å². The van der Waals surface area contributed by atoms with Crippen molar-refractivity contribution >= 4 is 17.3 Å². The second-order valence-electron chi connectivity index (χ2n) is 8.69. The Hall–Kier alpha value is -2.98. The summed E-state index contributed by atoms with van der Waals surface area (Å²) in [5.74, 6) is 0.915. The van der Waals surface area contributed by atoms with Gasteiger partial charge in [-0.3, -0.25) is 9.69 Å². The minimum atomic E-state index is -4.51. The summed E-state index contributed by atoms with van der Waals surface area (Å²) in [7, 11) is 3.16. The number of hydrogen-bond donors (Lipinski definition) is 1. The highest BCUT2D eigenvalue weighted by Crippen LogP contribution is 2.37. The van der Waals surface area contributed by atoms with Crippen LogP contribution in [0, 0.1) is 0 Å². The van der Waals surface area contributed by atoms with Crippen molar-refractivity contribution in [2.75, 3.05) is 57.3 Å². The average Bonchev–Trinajstić information content (AvgIpc) is 2.86. The summed E-state index contributed by atoms with van der Waals surface area (Å²) in [5.41, 5.74) is 2.07. The normalized spacial score (nSPS) is 17.5. The number of amides is 1. The minimum Gasteiger partial charge on any atom is -0.493 e. The van der Waals surface area contributed by atoms with Gasteiger partial charge in [0.25, 0.3) is 0 Å². The lowest BCUT2D eigenvalue weighted by atomic mass is 9.97. The van der Waals surface area contributed by atoms with Gasteiger partial charge in [-0.05, 0) is 54.8 Å². The zero-order valence-electron chi connectivity index (χ0n) is 20.1. The Labute approximate surface area is 202 Å². The number of nitrogens with one attached hydrogen (secondary N) is 1. The van der Waals surface area contributed by atoms with Crippen molar-refractivity contribution in [1.82, 2.24) is 4.90 Å². The van der Waals surface area contributed by atoms with E-state index in [-0.39, 0.29) is 11.6 Å². The van der Waals surface area contributed by atoms with Crippen LogP contribution in [0.5, 0.6) is 11.5 Å². The van der Waals surface area contributed by atoms with Gasteiger partial charge in [0.2, 0.25) is 5.91 Å². The molecule has 1 atom stereocenters. The van der Waals surface area contributed by atoms with Crippen LogP contribution in [-0.4, -0.2) is 63.9 Å². The summed E-state index contributed by atoms with van der Waals surface area (Å²) in [5, 5.41) is 2.77. The molecular weight excluding hydrogens is 463 g/mol. The predicted octanol–water partition coefficient (Wildman–Crippen LogP) is 3.94. The first-order chi connectivity index (χ1) is 16.7. The summed E-state index contributed by atoms with van der Waals surface area (Å²) in [6.07, 6.45) is -3.79. The Morgan fingerprint density at radius 3 is 2.31 bits per heavy atom. The van der Waals surface area contributed by atoms with E-state index < -0.39 is 17.8 Å². The van der Waals surface area contributed by atoms with Crippen LogP contribution in [-0.2, 0) is 28.7 Å². The quantitative estimate of drug-likeness (QED) is 0.658. The molecule has 35 heavy (non-hydrogen) atoms. The second-order valence-corrected chi connectivity index (χ2v) is 8.69. The van der Waals surface area contributed by atoms with E-state index in [0.29, 0.717) is 56.6 Å². The lowest BCUT2D eigenvalue weighted by molar-refractivity contribution is -0.137. The van der Waals surface area contributed by atoms with E-state index in [2.05, 4.69) is 5.32 Å². The van der Waals surface area contributed by atoms with Crippen LogP contribution in [0.1, 0.15) is 23.6 Å². The van der Waals surface area contributed by atoms with Gasteiger partial charge in [0.15, 0.2) is 11.5 Å². The molecule has 0 aromatic heterocycles. The SMILES string of the molecule is COc1cc2c(cc1OC)CN([C@H](C)C(=O)Nc1cc(C(F)(F)F)ccc1N1CCOCC1)CC2. The highest BCUT2D eigenvalue weighted by atomic mass is 19.4. The van der Waals surface area contributed by atoms with E-state index >= 15 is 0 Å². The molecule has 2 aromatic rings. The summed E-state index contributed by atoms with van der Waals surface area (Å²) in [6, 6.07) is 6.79. The maximum absolute atomic E-state index is 13.4. The molecule has 1 saturated heterocycles. The fourth-order valence-electron chi connectivity index (χ4n) is 4.53. The van der Waals surface area contributed by atoms with Gasteiger partial charge in [-0.25, -0.2) is 0 Å². The van der Waals surface area contributed by atoms with Crippen LogP contribution >= 0.6 is 0 Å². The fourth-order valence-corrected chi connectivity index (χ4v) is 4.53. The number of nitrogens with zero attached hydrogens (tertiary/aromatic N) is 2. The van der Waals surface area contributed by atoms with E-state index in [1.807, 2.05) is 21.9 Å². The van der Waals surface area contributed by atoms with E-state index in [1.165, 1.54) is 6.07 Å². The number of hydrogen-bond acceptors (Lipinski definition) is 6. The molecule has 10 heteroatoms. The van der Waals surface area contributed by atoms with Gasteiger partial charge < -0.3 is 24.4 Å². The number of alkyl halides is 3. The number of morpholine rings is 1. The second kappa shape index (κ2) is 10.3. The molecule has 0 unspecified atom stereocenters. The molecule has 0 saturated carbocycles. The highest BCUT2D eigenvalue weighted by molar-refractivity contribution is 5.97. The average molecular weight is 494 g/mol. The maximum Gasteiger partial charge on any atom is 0.416 e. The summed E-state index contributed by atoms with van der Waals surface area (Å²) in [4.78, 5) is 17.2. The molecule has 0 radical (unpaired) electrons. The van der Waals surface area contributed by atoms with Crippen LogP contribution in [0.3, 0.4) is 0 Å². The largest absolute Gasteiger partial charge is 0.493 e. The number of ether oxygens (including phenoxy) is 3. The molecule has 0 spiro atoms. The van der Waals surface area contributed by atoms with E-state index in [1.54, 1.807) is 21.1 Å². The van der Waals surface area contributed by atoms with Gasteiger partial charge in [0.05, 0.1) is 50.4 Å². The maximum atomic E-state index is 13.4. The molecule has 1 amide bonds. The first-order valence-corrected chi connectivity index (χ1v) is 11.5. The van der Waals surface area contributed by atoms with Gasteiger partial charge in [0.1, 0.15) is 0 Å². The van der Waals surface area contributed by atoms with Gasteiger partial charge in [-0.1, -0.05) is 0 Å².